The molecule has 1 atom stereocenters. The van der Waals surface area contributed by atoms with E-state index in [1.807, 2.05) is 18.2 Å². The molecule has 1 aromatic heterocycles. The number of aromatic nitrogens is 1. The van der Waals surface area contributed by atoms with Gasteiger partial charge >= 0.3 is 5.97 Å². The van der Waals surface area contributed by atoms with Gasteiger partial charge in [0.1, 0.15) is 12.4 Å². The van der Waals surface area contributed by atoms with Crippen LogP contribution < -0.4 is 4.90 Å². The molecule has 3 rings (SSSR count). The molecular weight excluding hydrogens is 322 g/mol. The lowest BCUT2D eigenvalue weighted by atomic mass is 9.98. The third kappa shape index (κ3) is 4.32. The zero-order chi connectivity index (χ0) is 17.6. The van der Waals surface area contributed by atoms with Crippen LogP contribution in [0.15, 0.2) is 48.7 Å². The highest BCUT2D eigenvalue weighted by molar-refractivity contribution is 5.73. The van der Waals surface area contributed by atoms with Crippen molar-refractivity contribution < 1.29 is 14.5 Å². The standard InChI is InChI=1S/C18H19N3O4/c22-18(25-13-14-5-3-7-16(11-14)21(23)24)15-6-4-10-20(12-15)17-8-1-2-9-19-17/h1-3,5,7-9,11,15H,4,6,10,12-13H2/t15-/m0/s1. The summed E-state index contributed by atoms with van der Waals surface area (Å²) >= 11 is 0. The molecule has 0 radical (unpaired) electrons. The third-order valence-electron chi connectivity index (χ3n) is 4.23. The van der Waals surface area contributed by atoms with Gasteiger partial charge in [-0.1, -0.05) is 18.2 Å². The Hall–Kier alpha value is -2.96. The van der Waals surface area contributed by atoms with Gasteiger partial charge in [-0.2, -0.15) is 0 Å². The maximum absolute atomic E-state index is 12.4. The van der Waals surface area contributed by atoms with Crippen LogP contribution in [-0.2, 0) is 16.1 Å². The number of carbonyl (C=O) groups excluding carboxylic acids is 1. The fourth-order valence-corrected chi connectivity index (χ4v) is 2.95. The molecule has 0 saturated carbocycles. The summed E-state index contributed by atoms with van der Waals surface area (Å²) in [5.74, 6) is 0.375. The minimum absolute atomic E-state index is 0.00691. The molecule has 0 amide bonds. The monoisotopic (exact) mass is 341 g/mol. The lowest BCUT2D eigenvalue weighted by molar-refractivity contribution is -0.384. The number of nitrogens with zero attached hydrogens (tertiary/aromatic N) is 3. The van der Waals surface area contributed by atoms with Crippen molar-refractivity contribution in [2.24, 2.45) is 5.92 Å². The van der Waals surface area contributed by atoms with Gasteiger partial charge in [0.15, 0.2) is 0 Å². The highest BCUT2D eigenvalue weighted by atomic mass is 16.6. The first-order valence-corrected chi connectivity index (χ1v) is 8.19. The second kappa shape index (κ2) is 7.74. The molecule has 0 aliphatic carbocycles. The summed E-state index contributed by atoms with van der Waals surface area (Å²) in [7, 11) is 0. The van der Waals surface area contributed by atoms with Gasteiger partial charge in [-0.15, -0.1) is 0 Å². The van der Waals surface area contributed by atoms with E-state index >= 15 is 0 Å². The van der Waals surface area contributed by atoms with Gasteiger partial charge in [-0.05, 0) is 30.5 Å². The van der Waals surface area contributed by atoms with Crippen molar-refractivity contribution in [1.29, 1.82) is 0 Å². The summed E-state index contributed by atoms with van der Waals surface area (Å²) < 4.78 is 5.38. The van der Waals surface area contributed by atoms with Crippen LogP contribution in [0.25, 0.3) is 0 Å². The SMILES string of the molecule is O=C(OCc1cccc([N+](=O)[O-])c1)[C@H]1CCCN(c2ccccn2)C1. The van der Waals surface area contributed by atoms with Crippen molar-refractivity contribution in [2.75, 3.05) is 18.0 Å². The Morgan fingerprint density at radius 2 is 2.20 bits per heavy atom. The minimum Gasteiger partial charge on any atom is -0.461 e. The van der Waals surface area contributed by atoms with Gasteiger partial charge in [0.05, 0.1) is 10.8 Å². The number of ether oxygens (including phenoxy) is 1. The van der Waals surface area contributed by atoms with Crippen molar-refractivity contribution >= 4 is 17.5 Å². The number of anilines is 1. The number of hydrogen-bond donors (Lipinski definition) is 0. The largest absolute Gasteiger partial charge is 0.461 e. The Balaban J connectivity index is 1.58. The molecule has 1 aromatic carbocycles. The van der Waals surface area contributed by atoms with Gasteiger partial charge in [-0.3, -0.25) is 14.9 Å². The van der Waals surface area contributed by atoms with Gasteiger partial charge in [0.25, 0.3) is 5.69 Å². The first-order valence-electron chi connectivity index (χ1n) is 8.19. The van der Waals surface area contributed by atoms with E-state index in [0.717, 1.165) is 25.2 Å². The van der Waals surface area contributed by atoms with Gasteiger partial charge in [0, 0.05) is 31.4 Å². The van der Waals surface area contributed by atoms with E-state index in [1.165, 1.54) is 12.1 Å². The van der Waals surface area contributed by atoms with Crippen molar-refractivity contribution in [3.8, 4) is 0 Å². The summed E-state index contributed by atoms with van der Waals surface area (Å²) in [6.07, 6.45) is 3.41. The van der Waals surface area contributed by atoms with Crippen LogP contribution in [0.5, 0.6) is 0 Å². The summed E-state index contributed by atoms with van der Waals surface area (Å²) in [6.45, 7) is 1.48. The van der Waals surface area contributed by atoms with E-state index in [9.17, 15) is 14.9 Å². The zero-order valence-corrected chi connectivity index (χ0v) is 13.7. The predicted molar refractivity (Wildman–Crippen MR) is 92.1 cm³/mol. The van der Waals surface area contributed by atoms with Crippen molar-refractivity contribution in [1.82, 2.24) is 4.98 Å². The lowest BCUT2D eigenvalue weighted by Crippen LogP contribution is -2.39. The van der Waals surface area contributed by atoms with Gasteiger partial charge < -0.3 is 9.64 Å². The van der Waals surface area contributed by atoms with Gasteiger partial charge in [0.2, 0.25) is 0 Å². The van der Waals surface area contributed by atoms with Crippen molar-refractivity contribution in [3.63, 3.8) is 0 Å². The fraction of sp³-hybridized carbons (Fsp3) is 0.333. The minimum atomic E-state index is -0.461. The average molecular weight is 341 g/mol. The second-order valence-electron chi connectivity index (χ2n) is 6.01. The quantitative estimate of drug-likeness (QED) is 0.472. The molecular formula is C18H19N3O4. The lowest BCUT2D eigenvalue weighted by Gasteiger charge is -2.32. The maximum atomic E-state index is 12.4. The molecule has 2 aromatic rings. The number of pyridine rings is 1. The molecule has 0 unspecified atom stereocenters. The summed E-state index contributed by atoms with van der Waals surface area (Å²) in [4.78, 5) is 29.1. The molecule has 0 N–H and O–H groups in total. The Morgan fingerprint density at radius 3 is 2.96 bits per heavy atom. The number of esters is 1. The highest BCUT2D eigenvalue weighted by Crippen LogP contribution is 2.23. The van der Waals surface area contributed by atoms with Crippen LogP contribution in [0.1, 0.15) is 18.4 Å². The van der Waals surface area contributed by atoms with Crippen molar-refractivity contribution in [3.05, 3.63) is 64.3 Å². The van der Waals surface area contributed by atoms with E-state index < -0.39 is 4.92 Å². The number of rotatable bonds is 5. The molecule has 1 aliphatic rings. The maximum Gasteiger partial charge on any atom is 0.311 e. The second-order valence-corrected chi connectivity index (χ2v) is 6.01. The summed E-state index contributed by atoms with van der Waals surface area (Å²) in [6, 6.07) is 11.8. The summed E-state index contributed by atoms with van der Waals surface area (Å²) in [5, 5.41) is 10.8. The van der Waals surface area contributed by atoms with Crippen LogP contribution >= 0.6 is 0 Å². The number of carbonyl (C=O) groups is 1. The molecule has 1 aliphatic heterocycles. The topological polar surface area (TPSA) is 85.6 Å². The van der Waals surface area contributed by atoms with Crippen LogP contribution in [-0.4, -0.2) is 29.0 Å². The van der Waals surface area contributed by atoms with E-state index in [2.05, 4.69) is 9.88 Å². The third-order valence-corrected chi connectivity index (χ3v) is 4.23. The molecule has 1 fully saturated rings. The Labute approximate surface area is 145 Å². The Kier molecular flexibility index (Phi) is 5.23. The zero-order valence-electron chi connectivity index (χ0n) is 13.7. The normalized spacial score (nSPS) is 17.1. The average Bonchev–Trinajstić information content (AvgIpc) is 2.67. The molecule has 0 spiro atoms. The van der Waals surface area contributed by atoms with E-state index in [1.54, 1.807) is 18.3 Å². The molecule has 1 saturated heterocycles. The smallest absolute Gasteiger partial charge is 0.311 e. The van der Waals surface area contributed by atoms with Crippen LogP contribution in [0.4, 0.5) is 11.5 Å². The fourth-order valence-electron chi connectivity index (χ4n) is 2.95. The number of nitro benzene ring substituents is 1. The van der Waals surface area contributed by atoms with E-state index in [0.29, 0.717) is 12.1 Å². The number of non-ortho nitro benzene ring substituents is 1. The molecule has 7 heteroatoms. The number of piperidine rings is 1. The Morgan fingerprint density at radius 1 is 1.32 bits per heavy atom. The van der Waals surface area contributed by atoms with Crippen molar-refractivity contribution in [2.45, 2.75) is 19.4 Å². The molecule has 0 bridgehead atoms. The number of benzene rings is 1. The molecule has 130 valence electrons. The molecule has 2 heterocycles. The number of hydrogen-bond acceptors (Lipinski definition) is 6. The van der Waals surface area contributed by atoms with Gasteiger partial charge in [-0.25, -0.2) is 4.98 Å². The molecule has 7 nitrogen and oxygen atoms in total. The predicted octanol–water partition coefficient (Wildman–Crippen LogP) is 2.95. The van der Waals surface area contributed by atoms with Crippen LogP contribution in [0.3, 0.4) is 0 Å². The van der Waals surface area contributed by atoms with Crippen LogP contribution in [0.2, 0.25) is 0 Å². The summed E-state index contributed by atoms with van der Waals surface area (Å²) in [5.41, 5.74) is 0.604. The first-order chi connectivity index (χ1) is 12.1. The molecule has 25 heavy (non-hydrogen) atoms. The van der Waals surface area contributed by atoms with E-state index in [-0.39, 0.29) is 24.2 Å². The van der Waals surface area contributed by atoms with E-state index in [4.69, 9.17) is 4.74 Å². The first kappa shape index (κ1) is 16.9. The van der Waals surface area contributed by atoms with Crippen LogP contribution in [0, 0.1) is 16.0 Å². The number of nitro groups is 1. The Bertz CT molecular complexity index is 751. The highest BCUT2D eigenvalue weighted by Gasteiger charge is 2.27.